The van der Waals surface area contributed by atoms with Crippen molar-refractivity contribution in [1.82, 2.24) is 14.7 Å². The summed E-state index contributed by atoms with van der Waals surface area (Å²) in [5.74, 6) is -0.0596. The fraction of sp³-hybridized carbons (Fsp3) is 0.556. The van der Waals surface area contributed by atoms with Crippen molar-refractivity contribution in [2.24, 2.45) is 0 Å². The number of benzene rings is 1. The van der Waals surface area contributed by atoms with Crippen LogP contribution in [0.25, 0.3) is 10.9 Å². The molecule has 0 aliphatic carbocycles. The van der Waals surface area contributed by atoms with Crippen molar-refractivity contribution in [3.05, 3.63) is 30.0 Å². The maximum atomic E-state index is 11.1. The number of amides is 1. The van der Waals surface area contributed by atoms with E-state index in [2.05, 4.69) is 11.2 Å². The van der Waals surface area contributed by atoms with Gasteiger partial charge in [0, 0.05) is 24.5 Å². The number of hydrogen-bond acceptors (Lipinski definition) is 4. The first-order chi connectivity index (χ1) is 12.1. The third-order valence-electron chi connectivity index (χ3n) is 5.33. The Morgan fingerprint density at radius 2 is 2.16 bits per heavy atom. The van der Waals surface area contributed by atoms with Crippen LogP contribution in [-0.2, 0) is 4.74 Å². The van der Waals surface area contributed by atoms with Crippen LogP contribution in [0.4, 0.5) is 4.79 Å². The van der Waals surface area contributed by atoms with E-state index in [9.17, 15) is 9.90 Å². The highest BCUT2D eigenvalue weighted by Crippen LogP contribution is 2.32. The number of nitrogens with zero attached hydrogens (tertiary/aromatic N) is 3. The van der Waals surface area contributed by atoms with E-state index in [4.69, 9.17) is 9.84 Å². The van der Waals surface area contributed by atoms with Gasteiger partial charge < -0.3 is 19.8 Å². The lowest BCUT2D eigenvalue weighted by Crippen LogP contribution is -2.45. The van der Waals surface area contributed by atoms with Crippen molar-refractivity contribution >= 4 is 17.0 Å². The maximum absolute atomic E-state index is 11.1. The van der Waals surface area contributed by atoms with Crippen LogP contribution in [0.15, 0.2) is 24.4 Å². The lowest BCUT2D eigenvalue weighted by molar-refractivity contribution is -0.0366. The SMILES string of the molecule is O=C(O)N1CCC(c2ccc3cnn(C4CCCCO4)c3c2)C(O)C1. The van der Waals surface area contributed by atoms with Gasteiger partial charge in [-0.2, -0.15) is 5.10 Å². The molecule has 2 aliphatic rings. The summed E-state index contributed by atoms with van der Waals surface area (Å²) in [6.07, 6.45) is 3.96. The van der Waals surface area contributed by atoms with E-state index in [1.54, 1.807) is 0 Å². The predicted molar refractivity (Wildman–Crippen MR) is 91.5 cm³/mol. The molecule has 0 bridgehead atoms. The molecule has 2 aliphatic heterocycles. The van der Waals surface area contributed by atoms with E-state index < -0.39 is 12.2 Å². The highest BCUT2D eigenvalue weighted by atomic mass is 16.5. The van der Waals surface area contributed by atoms with Crippen molar-refractivity contribution in [3.63, 3.8) is 0 Å². The Morgan fingerprint density at radius 3 is 2.88 bits per heavy atom. The molecule has 134 valence electrons. The Morgan fingerprint density at radius 1 is 1.28 bits per heavy atom. The fourth-order valence-electron chi connectivity index (χ4n) is 3.93. The largest absolute Gasteiger partial charge is 0.465 e. The van der Waals surface area contributed by atoms with E-state index in [1.807, 2.05) is 23.0 Å². The smallest absolute Gasteiger partial charge is 0.407 e. The molecule has 3 unspecified atom stereocenters. The minimum absolute atomic E-state index is 0.0275. The Labute approximate surface area is 145 Å². The number of aliphatic hydroxyl groups excluding tert-OH is 1. The first-order valence-corrected chi connectivity index (χ1v) is 8.88. The Balaban J connectivity index is 1.61. The minimum atomic E-state index is -0.972. The van der Waals surface area contributed by atoms with Crippen LogP contribution in [0.1, 0.15) is 43.4 Å². The van der Waals surface area contributed by atoms with E-state index in [0.29, 0.717) is 13.0 Å². The molecule has 0 spiro atoms. The van der Waals surface area contributed by atoms with Gasteiger partial charge in [0.2, 0.25) is 0 Å². The lowest BCUT2D eigenvalue weighted by atomic mass is 9.87. The molecule has 25 heavy (non-hydrogen) atoms. The maximum Gasteiger partial charge on any atom is 0.407 e. The second-order valence-electron chi connectivity index (χ2n) is 6.92. The molecule has 3 atom stereocenters. The summed E-state index contributed by atoms with van der Waals surface area (Å²) in [5.41, 5.74) is 2.04. The molecule has 0 saturated carbocycles. The van der Waals surface area contributed by atoms with Crippen LogP contribution >= 0.6 is 0 Å². The van der Waals surface area contributed by atoms with Gasteiger partial charge in [-0.3, -0.25) is 0 Å². The zero-order chi connectivity index (χ0) is 17.4. The van der Waals surface area contributed by atoms with Gasteiger partial charge in [-0.15, -0.1) is 0 Å². The number of likely N-dealkylation sites (tertiary alicyclic amines) is 1. The van der Waals surface area contributed by atoms with E-state index in [1.165, 1.54) is 4.90 Å². The highest BCUT2D eigenvalue weighted by Gasteiger charge is 2.31. The molecule has 1 aromatic carbocycles. The minimum Gasteiger partial charge on any atom is -0.465 e. The third-order valence-corrected chi connectivity index (χ3v) is 5.33. The van der Waals surface area contributed by atoms with Crippen LogP contribution in [0.5, 0.6) is 0 Å². The van der Waals surface area contributed by atoms with Gasteiger partial charge in [0.15, 0.2) is 6.23 Å². The summed E-state index contributed by atoms with van der Waals surface area (Å²) < 4.78 is 7.80. The molecule has 2 fully saturated rings. The standard InChI is InChI=1S/C18H23N3O4/c22-16-11-20(18(23)24)7-6-14(16)12-4-5-13-10-19-21(15(13)9-12)17-3-1-2-8-25-17/h4-5,9-10,14,16-17,22H,1-3,6-8,11H2,(H,23,24). The van der Waals surface area contributed by atoms with Crippen LogP contribution in [0, 0.1) is 0 Å². The number of piperidine rings is 1. The Hall–Kier alpha value is -2.12. The first kappa shape index (κ1) is 16.4. The van der Waals surface area contributed by atoms with Gasteiger partial charge in [0.05, 0.1) is 24.4 Å². The summed E-state index contributed by atoms with van der Waals surface area (Å²) >= 11 is 0. The molecule has 3 heterocycles. The van der Waals surface area contributed by atoms with E-state index >= 15 is 0 Å². The second kappa shape index (κ2) is 6.65. The van der Waals surface area contributed by atoms with Gasteiger partial charge >= 0.3 is 6.09 Å². The van der Waals surface area contributed by atoms with Gasteiger partial charge in [-0.05, 0) is 37.3 Å². The molecule has 1 aromatic heterocycles. The molecular weight excluding hydrogens is 322 g/mol. The topological polar surface area (TPSA) is 87.8 Å². The number of carboxylic acid groups (broad SMARTS) is 1. The number of aliphatic hydroxyl groups is 1. The summed E-state index contributed by atoms with van der Waals surface area (Å²) in [5, 5.41) is 25.1. The van der Waals surface area contributed by atoms with Gasteiger partial charge in [0.1, 0.15) is 0 Å². The number of ether oxygens (including phenoxy) is 1. The van der Waals surface area contributed by atoms with E-state index in [-0.39, 0.29) is 18.7 Å². The zero-order valence-electron chi connectivity index (χ0n) is 14.0. The summed E-state index contributed by atoms with van der Waals surface area (Å²) in [7, 11) is 0. The van der Waals surface area contributed by atoms with Crippen LogP contribution < -0.4 is 0 Å². The van der Waals surface area contributed by atoms with Crippen molar-refractivity contribution in [2.75, 3.05) is 19.7 Å². The second-order valence-corrected chi connectivity index (χ2v) is 6.92. The Kier molecular flexibility index (Phi) is 4.35. The van der Waals surface area contributed by atoms with E-state index in [0.717, 1.165) is 42.3 Å². The zero-order valence-corrected chi connectivity index (χ0v) is 14.0. The normalized spacial score (nSPS) is 27.6. The lowest BCUT2D eigenvalue weighted by Gasteiger charge is -2.34. The average Bonchev–Trinajstić information content (AvgIpc) is 3.05. The quantitative estimate of drug-likeness (QED) is 0.873. The Bertz CT molecular complexity index is 769. The van der Waals surface area contributed by atoms with Crippen LogP contribution in [0.3, 0.4) is 0 Å². The number of hydrogen-bond donors (Lipinski definition) is 2. The van der Waals surface area contributed by atoms with Gasteiger partial charge in [-0.1, -0.05) is 12.1 Å². The highest BCUT2D eigenvalue weighted by molar-refractivity contribution is 5.79. The third kappa shape index (κ3) is 3.09. The van der Waals surface area contributed by atoms with Crippen molar-refractivity contribution in [2.45, 2.75) is 43.9 Å². The van der Waals surface area contributed by atoms with Crippen molar-refractivity contribution in [1.29, 1.82) is 0 Å². The molecule has 2 aromatic rings. The monoisotopic (exact) mass is 345 g/mol. The molecule has 4 rings (SSSR count). The number of β-amino-alcohol motifs (C(OH)–C–C–N with tert-alkyl or cyclic N) is 1. The number of carbonyl (C=O) groups is 1. The van der Waals surface area contributed by atoms with Gasteiger partial charge in [0.25, 0.3) is 0 Å². The molecule has 1 amide bonds. The fourth-order valence-corrected chi connectivity index (χ4v) is 3.93. The molecular formula is C18H23N3O4. The average molecular weight is 345 g/mol. The summed E-state index contributed by atoms with van der Waals surface area (Å²) in [6.45, 7) is 1.36. The van der Waals surface area contributed by atoms with Crippen LogP contribution in [-0.4, -0.2) is 56.8 Å². The molecule has 7 nitrogen and oxygen atoms in total. The first-order valence-electron chi connectivity index (χ1n) is 8.88. The van der Waals surface area contributed by atoms with Crippen molar-refractivity contribution < 1.29 is 19.7 Å². The summed E-state index contributed by atoms with van der Waals surface area (Å²) in [6, 6.07) is 6.11. The molecule has 0 radical (unpaired) electrons. The molecule has 2 N–H and O–H groups in total. The number of rotatable bonds is 2. The number of fused-ring (bicyclic) bond motifs is 1. The molecule has 2 saturated heterocycles. The summed E-state index contributed by atoms with van der Waals surface area (Å²) in [4.78, 5) is 12.4. The van der Waals surface area contributed by atoms with Gasteiger partial charge in [-0.25, -0.2) is 9.48 Å². The van der Waals surface area contributed by atoms with Crippen molar-refractivity contribution in [3.8, 4) is 0 Å². The number of aromatic nitrogens is 2. The molecule has 7 heteroatoms. The predicted octanol–water partition coefficient (Wildman–Crippen LogP) is 2.56. The van der Waals surface area contributed by atoms with Crippen LogP contribution in [0.2, 0.25) is 0 Å².